The predicted molar refractivity (Wildman–Crippen MR) is 120 cm³/mol. The number of carbonyl (C=O) groups is 2. The van der Waals surface area contributed by atoms with E-state index in [-0.39, 0.29) is 17.1 Å². The minimum Gasteiger partial charge on any atom is -0.345 e. The number of anilines is 1. The number of rotatable bonds is 6. The number of benzene rings is 1. The van der Waals surface area contributed by atoms with Crippen molar-refractivity contribution in [2.45, 2.75) is 24.2 Å². The van der Waals surface area contributed by atoms with Gasteiger partial charge in [0.1, 0.15) is 10.6 Å². The number of aryl methyl sites for hydroxylation is 1. The average molecular weight is 487 g/mol. The summed E-state index contributed by atoms with van der Waals surface area (Å²) in [5, 5.41) is 3.32. The molecule has 1 aromatic carbocycles. The molecule has 0 bridgehead atoms. The summed E-state index contributed by atoms with van der Waals surface area (Å²) in [6.07, 6.45) is 4.10. The van der Waals surface area contributed by atoms with Crippen molar-refractivity contribution < 1.29 is 18.0 Å². The van der Waals surface area contributed by atoms with E-state index in [0.717, 1.165) is 19.3 Å². The van der Waals surface area contributed by atoms with Crippen LogP contribution in [0, 0.1) is 0 Å². The summed E-state index contributed by atoms with van der Waals surface area (Å²) < 4.78 is 28.7. The Morgan fingerprint density at radius 2 is 1.77 bits per heavy atom. The van der Waals surface area contributed by atoms with E-state index in [1.165, 1.54) is 39.1 Å². The Morgan fingerprint density at radius 1 is 1.10 bits per heavy atom. The number of likely N-dealkylation sites (N-methyl/N-ethyl adjacent to an activating group) is 1. The van der Waals surface area contributed by atoms with Gasteiger partial charge in [-0.15, -0.1) is 0 Å². The second-order valence-corrected chi connectivity index (χ2v) is 10.2. The van der Waals surface area contributed by atoms with Crippen LogP contribution in [0.5, 0.6) is 0 Å². The van der Waals surface area contributed by atoms with Crippen LogP contribution in [0.3, 0.4) is 0 Å². The maximum absolute atomic E-state index is 12.9. The van der Waals surface area contributed by atoms with Gasteiger partial charge in [-0.3, -0.25) is 9.59 Å². The van der Waals surface area contributed by atoms with Crippen LogP contribution < -0.4 is 5.32 Å². The van der Waals surface area contributed by atoms with Crippen molar-refractivity contribution in [1.29, 1.82) is 0 Å². The topological polar surface area (TPSA) is 91.7 Å². The average Bonchev–Trinajstić information content (AvgIpc) is 3.13. The maximum atomic E-state index is 12.9. The molecule has 168 valence electrons. The molecule has 2 heterocycles. The summed E-state index contributed by atoms with van der Waals surface area (Å²) >= 11 is 11.8. The lowest BCUT2D eigenvalue weighted by Gasteiger charge is -2.25. The van der Waals surface area contributed by atoms with E-state index < -0.39 is 21.8 Å². The molecule has 0 atom stereocenters. The van der Waals surface area contributed by atoms with Crippen LogP contribution >= 0.6 is 23.2 Å². The molecule has 0 spiro atoms. The highest BCUT2D eigenvalue weighted by Gasteiger charge is 2.29. The van der Waals surface area contributed by atoms with Crippen LogP contribution in [0.4, 0.5) is 5.69 Å². The Kier molecular flexibility index (Phi) is 7.31. The molecule has 0 saturated carbocycles. The van der Waals surface area contributed by atoms with Crippen LogP contribution in [-0.2, 0) is 21.9 Å². The van der Waals surface area contributed by atoms with Crippen LogP contribution in [0.2, 0.25) is 10.0 Å². The van der Waals surface area contributed by atoms with Crippen LogP contribution in [0.25, 0.3) is 0 Å². The number of carbonyl (C=O) groups excluding carboxylic acids is 2. The van der Waals surface area contributed by atoms with Gasteiger partial charge in [-0.1, -0.05) is 29.6 Å². The number of halogens is 2. The van der Waals surface area contributed by atoms with Gasteiger partial charge in [0.15, 0.2) is 0 Å². The Hall–Kier alpha value is -2.07. The first-order valence-corrected chi connectivity index (χ1v) is 12.0. The van der Waals surface area contributed by atoms with E-state index in [2.05, 4.69) is 5.32 Å². The van der Waals surface area contributed by atoms with Crippen molar-refractivity contribution in [1.82, 2.24) is 13.8 Å². The van der Waals surface area contributed by atoms with Gasteiger partial charge in [0.25, 0.3) is 5.91 Å². The first kappa shape index (κ1) is 23.6. The van der Waals surface area contributed by atoms with Crippen LogP contribution in [0.15, 0.2) is 35.4 Å². The third kappa shape index (κ3) is 5.41. The molecule has 1 saturated heterocycles. The molecular weight excluding hydrogens is 463 g/mol. The molecule has 1 fully saturated rings. The van der Waals surface area contributed by atoms with Gasteiger partial charge in [-0.2, -0.15) is 4.31 Å². The van der Waals surface area contributed by atoms with Gasteiger partial charge < -0.3 is 14.8 Å². The smallest absolute Gasteiger partial charge is 0.270 e. The summed E-state index contributed by atoms with van der Waals surface area (Å²) in [5.41, 5.74) is 0.634. The number of hydrogen-bond acceptors (Lipinski definition) is 4. The third-order valence-electron chi connectivity index (χ3n) is 5.08. The van der Waals surface area contributed by atoms with E-state index in [1.54, 1.807) is 19.2 Å². The monoisotopic (exact) mass is 486 g/mol. The summed E-state index contributed by atoms with van der Waals surface area (Å²) in [4.78, 5) is 26.5. The summed E-state index contributed by atoms with van der Waals surface area (Å²) in [5.74, 6) is -0.892. The molecule has 8 nitrogen and oxygen atoms in total. The zero-order chi connectivity index (χ0) is 22.8. The molecule has 11 heteroatoms. The van der Waals surface area contributed by atoms with Gasteiger partial charge >= 0.3 is 0 Å². The highest BCUT2D eigenvalue weighted by atomic mass is 35.5. The first-order chi connectivity index (χ1) is 14.6. The van der Waals surface area contributed by atoms with Gasteiger partial charge in [0, 0.05) is 39.1 Å². The third-order valence-corrected chi connectivity index (χ3v) is 7.69. The number of aromatic nitrogens is 1. The molecule has 1 aliphatic rings. The molecule has 0 radical (unpaired) electrons. The normalized spacial score (nSPS) is 15.0. The number of hydrogen-bond donors (Lipinski definition) is 1. The van der Waals surface area contributed by atoms with Crippen molar-refractivity contribution in [3.8, 4) is 0 Å². The minimum atomic E-state index is -3.66. The van der Waals surface area contributed by atoms with Gasteiger partial charge in [-0.25, -0.2) is 8.42 Å². The molecule has 0 unspecified atom stereocenters. The highest BCUT2D eigenvalue weighted by Crippen LogP contribution is 2.25. The molecule has 1 aliphatic heterocycles. The lowest BCUT2D eigenvalue weighted by Crippen LogP contribution is -2.36. The number of nitrogens with zero attached hydrogens (tertiary/aromatic N) is 3. The van der Waals surface area contributed by atoms with Crippen molar-refractivity contribution >= 4 is 50.7 Å². The minimum absolute atomic E-state index is 0.0777. The summed E-state index contributed by atoms with van der Waals surface area (Å²) in [6, 6.07) is 6.03. The fourth-order valence-corrected chi connectivity index (χ4v) is 5.29. The van der Waals surface area contributed by atoms with Crippen molar-refractivity contribution in [3.63, 3.8) is 0 Å². The molecule has 1 N–H and O–H groups in total. The fourth-order valence-electron chi connectivity index (χ4n) is 3.40. The van der Waals surface area contributed by atoms with E-state index in [0.29, 0.717) is 28.8 Å². The van der Waals surface area contributed by atoms with Crippen LogP contribution in [0.1, 0.15) is 29.8 Å². The van der Waals surface area contributed by atoms with Gasteiger partial charge in [-0.05, 0) is 37.1 Å². The first-order valence-electron chi connectivity index (χ1n) is 9.76. The van der Waals surface area contributed by atoms with Gasteiger partial charge in [0.2, 0.25) is 15.9 Å². The molecule has 3 rings (SSSR count). The Labute approximate surface area is 191 Å². The van der Waals surface area contributed by atoms with E-state index in [4.69, 9.17) is 23.2 Å². The zero-order valence-corrected chi connectivity index (χ0v) is 19.6. The van der Waals surface area contributed by atoms with Crippen molar-refractivity contribution in [2.24, 2.45) is 7.05 Å². The molecule has 0 aliphatic carbocycles. The zero-order valence-electron chi connectivity index (χ0n) is 17.3. The summed E-state index contributed by atoms with van der Waals surface area (Å²) in [6.45, 7) is 0.739. The molecular formula is C20H24Cl2N4O4S. The number of piperidine rings is 1. The number of nitrogens with one attached hydrogen (secondary N) is 1. The second-order valence-electron chi connectivity index (χ2n) is 7.47. The lowest BCUT2D eigenvalue weighted by atomic mass is 10.2. The Bertz CT molecular complexity index is 1090. The fraction of sp³-hybridized carbons (Fsp3) is 0.400. The van der Waals surface area contributed by atoms with E-state index in [1.807, 2.05) is 0 Å². The van der Waals surface area contributed by atoms with E-state index in [9.17, 15) is 18.0 Å². The second kappa shape index (κ2) is 9.60. The van der Waals surface area contributed by atoms with E-state index >= 15 is 0 Å². The predicted octanol–water partition coefficient (Wildman–Crippen LogP) is 3.22. The standard InChI is InChI=1S/C20H24Cl2N4O4S/c1-24-12-15(31(29,30)26-8-4-3-5-9-26)11-18(24)20(28)25(2)13-19(27)23-14-6-7-16(21)17(22)10-14/h6-7,10-12H,3-5,8-9,13H2,1-2H3,(H,23,27). The molecule has 1 aromatic heterocycles. The number of sulfonamides is 1. The summed E-state index contributed by atoms with van der Waals surface area (Å²) in [7, 11) is -0.577. The number of amides is 2. The quantitative estimate of drug-likeness (QED) is 0.678. The maximum Gasteiger partial charge on any atom is 0.270 e. The molecule has 2 amide bonds. The van der Waals surface area contributed by atoms with Crippen LogP contribution in [-0.4, -0.2) is 60.7 Å². The lowest BCUT2D eigenvalue weighted by molar-refractivity contribution is -0.116. The van der Waals surface area contributed by atoms with Crippen molar-refractivity contribution in [3.05, 3.63) is 46.2 Å². The van der Waals surface area contributed by atoms with Crippen molar-refractivity contribution in [2.75, 3.05) is 32.0 Å². The van der Waals surface area contributed by atoms with Gasteiger partial charge in [0.05, 0.1) is 16.6 Å². The molecule has 2 aromatic rings. The molecule has 31 heavy (non-hydrogen) atoms. The SMILES string of the molecule is CN(CC(=O)Nc1ccc(Cl)c(Cl)c1)C(=O)c1cc(S(=O)(=O)N2CCCCC2)cn1C. The largest absolute Gasteiger partial charge is 0.345 e. The Balaban J connectivity index is 1.69. The Morgan fingerprint density at radius 3 is 2.42 bits per heavy atom. The highest BCUT2D eigenvalue weighted by molar-refractivity contribution is 7.89.